The molecule has 4 bridgehead atoms. The van der Waals surface area contributed by atoms with E-state index in [1.165, 1.54) is 4.90 Å². The number of esters is 1. The fraction of sp³-hybridized carbons (Fsp3) is 0.615. The summed E-state index contributed by atoms with van der Waals surface area (Å²) < 4.78 is 45.9. The maximum atomic E-state index is 14.6. The molecule has 6 rings (SSSR count). The van der Waals surface area contributed by atoms with Crippen LogP contribution in [0.15, 0.2) is 37.1 Å². The van der Waals surface area contributed by atoms with Crippen LogP contribution in [0.2, 0.25) is 0 Å². The summed E-state index contributed by atoms with van der Waals surface area (Å²) >= 11 is 0. The third-order valence-corrected chi connectivity index (χ3v) is 12.8. The third kappa shape index (κ3) is 7.99. The Bertz CT molecular complexity index is 1850. The number of hydrogen-bond donors (Lipinski definition) is 1. The standard InChI is InChI=1S/C39H51N3O9S/c1-6-25-21-39(25,37(46)41-52(47,48)27-12-13-27)22-32(43)31-19-26-23-42(31)36(45)30(38(3,4)5)20-34(44)50-16-10-8-9-11-24-17-29-28(33(18-24)49-7-2)14-15-40-35(29)51-26/h6,14-15,17-18,25-27,30-31H,1,7-13,16,19-23H2,2-5H3,(H,41,46)/t25-,26-,30-,31+,39-/m1/s1. The van der Waals surface area contributed by atoms with Crippen molar-refractivity contribution in [2.45, 2.75) is 109 Å². The number of amides is 2. The Kier molecular flexibility index (Phi) is 10.7. The van der Waals surface area contributed by atoms with E-state index >= 15 is 0 Å². The summed E-state index contributed by atoms with van der Waals surface area (Å²) in [6, 6.07) is 4.96. The molecule has 1 aromatic heterocycles. The molecule has 3 heterocycles. The molecule has 2 amide bonds. The lowest BCUT2D eigenvalue weighted by atomic mass is 9.77. The molecule has 1 aromatic carbocycles. The molecule has 5 atom stereocenters. The zero-order valence-corrected chi connectivity index (χ0v) is 31.5. The summed E-state index contributed by atoms with van der Waals surface area (Å²) in [5.41, 5.74) is -0.892. The number of aromatic nitrogens is 1. The van der Waals surface area contributed by atoms with Gasteiger partial charge in [-0.25, -0.2) is 13.4 Å². The number of nitrogens with one attached hydrogen (secondary N) is 1. The Morgan fingerprint density at radius 3 is 2.60 bits per heavy atom. The maximum absolute atomic E-state index is 14.6. The van der Waals surface area contributed by atoms with Gasteiger partial charge in [-0.15, -0.1) is 6.58 Å². The molecule has 0 spiro atoms. The molecule has 0 radical (unpaired) electrons. The molecule has 1 N–H and O–H groups in total. The Labute approximate surface area is 306 Å². The monoisotopic (exact) mass is 737 g/mol. The average Bonchev–Trinajstić information content (AvgIpc) is 4.01. The fourth-order valence-electron chi connectivity index (χ4n) is 7.68. The van der Waals surface area contributed by atoms with Gasteiger partial charge in [-0.05, 0) is 87.0 Å². The van der Waals surface area contributed by atoms with E-state index in [1.54, 1.807) is 12.3 Å². The highest BCUT2D eigenvalue weighted by atomic mass is 32.2. The molecule has 0 unspecified atom stereocenters. The number of aryl methyl sites for hydroxylation is 1. The smallest absolute Gasteiger partial charge is 0.306 e. The minimum Gasteiger partial charge on any atom is -0.493 e. The van der Waals surface area contributed by atoms with Crippen LogP contribution in [0.3, 0.4) is 0 Å². The van der Waals surface area contributed by atoms with Crippen LogP contribution in [0.4, 0.5) is 0 Å². The zero-order valence-electron chi connectivity index (χ0n) is 30.6. The molecule has 4 aliphatic rings. The number of sulfonamides is 1. The number of allylic oxidation sites excluding steroid dienone is 1. The number of ether oxygens (including phenoxy) is 3. The Morgan fingerprint density at radius 2 is 1.92 bits per heavy atom. The molecule has 52 heavy (non-hydrogen) atoms. The largest absolute Gasteiger partial charge is 0.493 e. The van der Waals surface area contributed by atoms with Gasteiger partial charge < -0.3 is 19.1 Å². The Morgan fingerprint density at radius 1 is 1.15 bits per heavy atom. The fourth-order valence-corrected chi connectivity index (χ4v) is 9.06. The number of fused-ring (bicyclic) bond motifs is 3. The van der Waals surface area contributed by atoms with Crippen molar-refractivity contribution >= 4 is 44.4 Å². The van der Waals surface area contributed by atoms with Crippen molar-refractivity contribution in [1.29, 1.82) is 0 Å². The summed E-state index contributed by atoms with van der Waals surface area (Å²) in [5.74, 6) is -2.08. The molecule has 2 saturated carbocycles. The number of ketones is 1. The molecule has 13 heteroatoms. The second-order valence-electron chi connectivity index (χ2n) is 15.9. The minimum atomic E-state index is -3.84. The normalized spacial score (nSPS) is 27.3. The van der Waals surface area contributed by atoms with Gasteiger partial charge in [0.2, 0.25) is 27.7 Å². The first-order valence-electron chi connectivity index (χ1n) is 18.6. The van der Waals surface area contributed by atoms with Crippen LogP contribution < -0.4 is 14.2 Å². The zero-order chi connectivity index (χ0) is 37.4. The predicted molar refractivity (Wildman–Crippen MR) is 194 cm³/mol. The van der Waals surface area contributed by atoms with Crippen molar-refractivity contribution in [2.24, 2.45) is 22.7 Å². The highest BCUT2D eigenvalue weighted by Gasteiger charge is 2.61. The summed E-state index contributed by atoms with van der Waals surface area (Å²) in [6.45, 7) is 12.1. The average molecular weight is 738 g/mol. The Balaban J connectivity index is 1.35. The minimum absolute atomic E-state index is 0.0487. The molecule has 12 nitrogen and oxygen atoms in total. The molecule has 282 valence electrons. The van der Waals surface area contributed by atoms with Gasteiger partial charge in [-0.2, -0.15) is 0 Å². The van der Waals surface area contributed by atoms with Gasteiger partial charge >= 0.3 is 5.97 Å². The van der Waals surface area contributed by atoms with Crippen molar-refractivity contribution in [3.63, 3.8) is 0 Å². The van der Waals surface area contributed by atoms with Crippen LogP contribution in [0.25, 0.3) is 10.8 Å². The lowest BCUT2D eigenvalue weighted by molar-refractivity contribution is -0.153. The number of Topliss-reactive ketones (excluding diaryl/α,β-unsaturated/α-hetero) is 1. The van der Waals surface area contributed by atoms with Crippen LogP contribution in [0.1, 0.15) is 91.0 Å². The number of carbonyl (C=O) groups is 4. The van der Waals surface area contributed by atoms with Crippen molar-refractivity contribution < 1.29 is 41.8 Å². The first-order valence-corrected chi connectivity index (χ1v) is 20.1. The van der Waals surface area contributed by atoms with Gasteiger partial charge in [0, 0.05) is 29.8 Å². The highest BCUT2D eigenvalue weighted by Crippen LogP contribution is 2.57. The number of carbonyl (C=O) groups excluding carboxylic acids is 4. The number of nitrogens with zero attached hydrogens (tertiary/aromatic N) is 2. The van der Waals surface area contributed by atoms with Crippen LogP contribution in [-0.4, -0.2) is 79.0 Å². The lowest BCUT2D eigenvalue weighted by Crippen LogP contribution is -2.48. The third-order valence-electron chi connectivity index (χ3n) is 11.0. The summed E-state index contributed by atoms with van der Waals surface area (Å²) in [7, 11) is -3.84. The van der Waals surface area contributed by atoms with E-state index in [4.69, 9.17) is 14.2 Å². The lowest BCUT2D eigenvalue weighted by Gasteiger charge is -2.34. The van der Waals surface area contributed by atoms with E-state index in [2.05, 4.69) is 16.3 Å². The Hall–Kier alpha value is -4.00. The molecule has 3 fully saturated rings. The molecular formula is C39H51N3O9S. The second kappa shape index (κ2) is 14.8. The van der Waals surface area contributed by atoms with Crippen molar-refractivity contribution in [3.8, 4) is 11.6 Å². The van der Waals surface area contributed by atoms with E-state index in [9.17, 15) is 27.6 Å². The van der Waals surface area contributed by atoms with Gasteiger partial charge in [-0.1, -0.05) is 26.8 Å². The number of hydrogen-bond acceptors (Lipinski definition) is 10. The van der Waals surface area contributed by atoms with Gasteiger partial charge in [0.25, 0.3) is 0 Å². The number of pyridine rings is 1. The highest BCUT2D eigenvalue weighted by molar-refractivity contribution is 7.90. The van der Waals surface area contributed by atoms with E-state index < -0.39 is 62.0 Å². The number of benzene rings is 1. The summed E-state index contributed by atoms with van der Waals surface area (Å²) in [6.07, 6.45) is 6.69. The van der Waals surface area contributed by atoms with E-state index in [-0.39, 0.29) is 50.5 Å². The van der Waals surface area contributed by atoms with E-state index in [0.29, 0.717) is 37.5 Å². The van der Waals surface area contributed by atoms with Gasteiger partial charge in [0.1, 0.15) is 11.9 Å². The van der Waals surface area contributed by atoms with Gasteiger partial charge in [0.05, 0.1) is 48.8 Å². The van der Waals surface area contributed by atoms with E-state index in [0.717, 1.165) is 35.6 Å². The molecule has 1 saturated heterocycles. The first-order chi connectivity index (χ1) is 24.7. The SMILES string of the molecule is C=C[C@@H]1C[C@]1(CC(=O)[C@@H]1C[C@@H]2CN1C(=O)[C@H](C(C)(C)C)CC(=O)OCCCCCc1cc(OCC)c3ccnc(c3c1)O2)C(=O)NS(=O)(=O)C1CC1. The van der Waals surface area contributed by atoms with E-state index in [1.807, 2.05) is 45.9 Å². The summed E-state index contributed by atoms with van der Waals surface area (Å²) in [5, 5.41) is 0.994. The van der Waals surface area contributed by atoms with Crippen LogP contribution in [0.5, 0.6) is 11.6 Å². The summed E-state index contributed by atoms with van der Waals surface area (Å²) in [4.78, 5) is 61.7. The topological polar surface area (TPSA) is 158 Å². The maximum Gasteiger partial charge on any atom is 0.306 e. The quantitative estimate of drug-likeness (QED) is 0.272. The number of rotatable bonds is 9. The van der Waals surface area contributed by atoms with Crippen molar-refractivity contribution in [2.75, 3.05) is 19.8 Å². The van der Waals surface area contributed by atoms with Crippen molar-refractivity contribution in [3.05, 3.63) is 42.6 Å². The molecule has 2 aromatic rings. The number of cyclic esters (lactones) is 1. The van der Waals surface area contributed by atoms with Crippen LogP contribution in [0, 0.1) is 22.7 Å². The van der Waals surface area contributed by atoms with Gasteiger partial charge in [-0.3, -0.25) is 23.9 Å². The van der Waals surface area contributed by atoms with Crippen LogP contribution >= 0.6 is 0 Å². The molecule has 2 aliphatic heterocycles. The first kappa shape index (κ1) is 37.7. The molecule has 2 aliphatic carbocycles. The van der Waals surface area contributed by atoms with Crippen LogP contribution in [-0.2, 0) is 40.4 Å². The van der Waals surface area contributed by atoms with Crippen molar-refractivity contribution in [1.82, 2.24) is 14.6 Å². The second-order valence-corrected chi connectivity index (χ2v) is 17.9. The predicted octanol–water partition coefficient (Wildman–Crippen LogP) is 5.06. The molecular weight excluding hydrogens is 687 g/mol. The van der Waals surface area contributed by atoms with Gasteiger partial charge in [0.15, 0.2) is 5.78 Å².